The fraction of sp³-hybridized carbons (Fsp3) is 0.300. The third kappa shape index (κ3) is 3.11. The molecule has 0 unspecified atom stereocenters. The Bertz CT molecular complexity index is 520. The van der Waals surface area contributed by atoms with Crippen LogP contribution in [-0.4, -0.2) is 21.2 Å². The summed E-state index contributed by atoms with van der Waals surface area (Å²) in [7, 11) is 0. The average molecular weight is 253 g/mol. The normalized spacial score (nSPS) is 10.6. The molecular weight excluding hydrogens is 242 g/mol. The van der Waals surface area contributed by atoms with E-state index in [-0.39, 0.29) is 0 Å². The highest BCUT2D eigenvalue weighted by Crippen LogP contribution is 2.14. The number of hydrogen-bond donors (Lipinski definition) is 2. The van der Waals surface area contributed by atoms with Gasteiger partial charge in [-0.1, -0.05) is 5.16 Å². The van der Waals surface area contributed by atoms with Crippen molar-refractivity contribution >= 4 is 17.3 Å². The Morgan fingerprint density at radius 1 is 1.59 bits per heavy atom. The third-order valence-electron chi connectivity index (χ3n) is 2.05. The molecule has 2 rings (SSSR count). The predicted octanol–water partition coefficient (Wildman–Crippen LogP) is 1.43. The summed E-state index contributed by atoms with van der Waals surface area (Å²) in [5.41, 5.74) is 0.320. The highest BCUT2D eigenvalue weighted by atomic mass is 32.1. The molecule has 2 aromatic rings. The van der Waals surface area contributed by atoms with Crippen molar-refractivity contribution in [3.05, 3.63) is 33.6 Å². The first-order valence-electron chi connectivity index (χ1n) is 4.96. The number of aromatic nitrogens is 2. The Balaban J connectivity index is 1.83. The quantitative estimate of drug-likeness (QED) is 0.838. The summed E-state index contributed by atoms with van der Waals surface area (Å²) in [6, 6.07) is 1.65. The van der Waals surface area contributed by atoms with E-state index in [9.17, 15) is 4.79 Å². The van der Waals surface area contributed by atoms with Crippen molar-refractivity contribution in [1.82, 2.24) is 15.5 Å². The molecule has 2 N–H and O–H groups in total. The van der Waals surface area contributed by atoms with E-state index in [0.29, 0.717) is 30.4 Å². The first-order chi connectivity index (χ1) is 8.15. The van der Waals surface area contributed by atoms with Gasteiger partial charge < -0.3 is 14.9 Å². The lowest BCUT2D eigenvalue weighted by Gasteiger charge is -1.97. The fourth-order valence-corrected chi connectivity index (χ4v) is 2.12. The van der Waals surface area contributed by atoms with Crippen LogP contribution in [-0.2, 0) is 13.1 Å². The number of hydrogen-bond acceptors (Lipinski definition) is 6. The molecular formula is C10H11N3O3S. The Morgan fingerprint density at radius 3 is 3.00 bits per heavy atom. The van der Waals surface area contributed by atoms with Gasteiger partial charge >= 0.3 is 5.97 Å². The minimum Gasteiger partial charge on any atom is -0.478 e. The highest BCUT2D eigenvalue weighted by molar-refractivity contribution is 7.10. The Kier molecular flexibility index (Phi) is 3.50. The van der Waals surface area contributed by atoms with Crippen LogP contribution in [0.15, 0.2) is 16.0 Å². The van der Waals surface area contributed by atoms with E-state index in [1.54, 1.807) is 18.4 Å². The second-order valence-electron chi connectivity index (χ2n) is 3.45. The monoisotopic (exact) mass is 253 g/mol. The van der Waals surface area contributed by atoms with Gasteiger partial charge in [0.1, 0.15) is 0 Å². The molecule has 0 aliphatic heterocycles. The van der Waals surface area contributed by atoms with E-state index < -0.39 is 5.97 Å². The minimum atomic E-state index is -0.903. The fourth-order valence-electron chi connectivity index (χ4n) is 1.29. The van der Waals surface area contributed by atoms with E-state index in [0.717, 1.165) is 4.88 Å². The van der Waals surface area contributed by atoms with Gasteiger partial charge in [0.15, 0.2) is 5.82 Å². The van der Waals surface area contributed by atoms with Gasteiger partial charge in [0.2, 0.25) is 5.89 Å². The molecule has 0 aromatic carbocycles. The zero-order chi connectivity index (χ0) is 12.3. The smallest absolute Gasteiger partial charge is 0.336 e. The van der Waals surface area contributed by atoms with Crippen LogP contribution in [0.4, 0.5) is 0 Å². The molecule has 2 heterocycles. The van der Waals surface area contributed by atoms with Gasteiger partial charge in [-0.15, -0.1) is 11.3 Å². The number of carboxylic acid groups (broad SMARTS) is 1. The molecule has 0 spiro atoms. The first-order valence-corrected chi connectivity index (χ1v) is 5.83. The maximum absolute atomic E-state index is 10.7. The number of rotatable bonds is 5. The maximum Gasteiger partial charge on any atom is 0.336 e. The van der Waals surface area contributed by atoms with E-state index in [1.807, 2.05) is 0 Å². The molecule has 0 radical (unpaired) electrons. The number of carbonyl (C=O) groups is 1. The summed E-state index contributed by atoms with van der Waals surface area (Å²) >= 11 is 1.41. The first kappa shape index (κ1) is 11.7. The lowest BCUT2D eigenvalue weighted by atomic mass is 10.3. The third-order valence-corrected chi connectivity index (χ3v) is 2.98. The van der Waals surface area contributed by atoms with Gasteiger partial charge in [-0.3, -0.25) is 0 Å². The number of nitrogens with one attached hydrogen (secondary N) is 1. The molecule has 0 saturated heterocycles. The van der Waals surface area contributed by atoms with Crippen molar-refractivity contribution in [2.45, 2.75) is 20.0 Å². The van der Waals surface area contributed by atoms with E-state index >= 15 is 0 Å². The summed E-state index contributed by atoms with van der Waals surface area (Å²) < 4.78 is 4.93. The van der Waals surface area contributed by atoms with Crippen molar-refractivity contribution in [1.29, 1.82) is 0 Å². The molecule has 0 fully saturated rings. The molecule has 0 atom stereocenters. The van der Waals surface area contributed by atoms with Gasteiger partial charge in [-0.25, -0.2) is 4.79 Å². The van der Waals surface area contributed by atoms with Gasteiger partial charge in [0.05, 0.1) is 12.1 Å². The number of aromatic carboxylic acids is 1. The summed E-state index contributed by atoms with van der Waals surface area (Å²) in [5.74, 6) is 0.226. The topological polar surface area (TPSA) is 88.2 Å². The van der Waals surface area contributed by atoms with E-state index in [4.69, 9.17) is 9.63 Å². The van der Waals surface area contributed by atoms with Crippen LogP contribution in [0.25, 0.3) is 0 Å². The standard InChI is InChI=1S/C10H11N3O3S/c1-6-12-9(16-13-6)4-11-3-8-2-7(5-17-8)10(14)15/h2,5,11H,3-4H2,1H3,(H,14,15). The zero-order valence-corrected chi connectivity index (χ0v) is 9.95. The Labute approximate surface area is 101 Å². The average Bonchev–Trinajstić information content (AvgIpc) is 2.88. The van der Waals surface area contributed by atoms with E-state index in [1.165, 1.54) is 11.3 Å². The predicted molar refractivity (Wildman–Crippen MR) is 60.9 cm³/mol. The number of nitrogens with zero attached hydrogens (tertiary/aromatic N) is 2. The van der Waals surface area contributed by atoms with Crippen LogP contribution >= 0.6 is 11.3 Å². The van der Waals surface area contributed by atoms with Crippen LogP contribution in [0.3, 0.4) is 0 Å². The molecule has 7 heteroatoms. The molecule has 2 aromatic heterocycles. The molecule has 0 amide bonds. The molecule has 17 heavy (non-hydrogen) atoms. The molecule has 0 aliphatic rings. The lowest BCUT2D eigenvalue weighted by Crippen LogP contribution is -2.12. The summed E-state index contributed by atoms with van der Waals surface area (Å²) in [4.78, 5) is 15.7. The second-order valence-corrected chi connectivity index (χ2v) is 4.44. The van der Waals surface area contributed by atoms with Gasteiger partial charge in [0.25, 0.3) is 0 Å². The lowest BCUT2D eigenvalue weighted by molar-refractivity contribution is 0.0697. The van der Waals surface area contributed by atoms with Crippen molar-refractivity contribution < 1.29 is 14.4 Å². The van der Waals surface area contributed by atoms with Crippen molar-refractivity contribution in [2.75, 3.05) is 0 Å². The van der Waals surface area contributed by atoms with Crippen molar-refractivity contribution in [3.63, 3.8) is 0 Å². The Morgan fingerprint density at radius 2 is 2.41 bits per heavy atom. The molecule has 0 saturated carbocycles. The van der Waals surface area contributed by atoms with Crippen LogP contribution < -0.4 is 5.32 Å². The summed E-state index contributed by atoms with van der Waals surface area (Å²) in [6.45, 7) is 2.81. The van der Waals surface area contributed by atoms with E-state index in [2.05, 4.69) is 15.5 Å². The van der Waals surface area contributed by atoms with Gasteiger partial charge in [-0.05, 0) is 13.0 Å². The molecule has 0 bridgehead atoms. The SMILES string of the molecule is Cc1noc(CNCc2cc(C(=O)O)cs2)n1. The number of thiophene rings is 1. The number of aryl methyl sites for hydroxylation is 1. The molecule has 0 aliphatic carbocycles. The second kappa shape index (κ2) is 5.07. The zero-order valence-electron chi connectivity index (χ0n) is 9.14. The van der Waals surface area contributed by atoms with Crippen LogP contribution in [0.2, 0.25) is 0 Å². The van der Waals surface area contributed by atoms with Gasteiger partial charge in [-0.2, -0.15) is 4.98 Å². The largest absolute Gasteiger partial charge is 0.478 e. The van der Waals surface area contributed by atoms with Crippen molar-refractivity contribution in [3.8, 4) is 0 Å². The van der Waals surface area contributed by atoms with Crippen molar-refractivity contribution in [2.24, 2.45) is 0 Å². The van der Waals surface area contributed by atoms with Crippen LogP contribution in [0, 0.1) is 6.92 Å². The molecule has 90 valence electrons. The minimum absolute atomic E-state index is 0.320. The van der Waals surface area contributed by atoms with Gasteiger partial charge in [0, 0.05) is 16.8 Å². The maximum atomic E-state index is 10.7. The Hall–Kier alpha value is -1.73. The highest BCUT2D eigenvalue weighted by Gasteiger charge is 2.07. The van der Waals surface area contributed by atoms with Crippen LogP contribution in [0.5, 0.6) is 0 Å². The summed E-state index contributed by atoms with van der Waals surface area (Å²) in [5, 5.41) is 17.2. The molecule has 6 nitrogen and oxygen atoms in total. The number of carboxylic acids is 1. The summed E-state index contributed by atoms with van der Waals surface area (Å²) in [6.07, 6.45) is 0. The van der Waals surface area contributed by atoms with Crippen LogP contribution in [0.1, 0.15) is 27.0 Å².